The molecule has 1 aromatic heterocycles. The maximum Gasteiger partial charge on any atom is 0.253 e. The number of benzene rings is 1. The number of anilines is 2. The Morgan fingerprint density at radius 3 is 2.33 bits per heavy atom. The van der Waals surface area contributed by atoms with E-state index in [1.54, 1.807) is 13.3 Å². The summed E-state index contributed by atoms with van der Waals surface area (Å²) in [7, 11) is 1.65. The first-order valence-corrected chi connectivity index (χ1v) is 10.3. The second-order valence-electron chi connectivity index (χ2n) is 7.50. The highest BCUT2D eigenvalue weighted by Gasteiger charge is 2.26. The lowest BCUT2D eigenvalue weighted by atomic mass is 10.0. The maximum absolute atomic E-state index is 12.2. The highest BCUT2D eigenvalue weighted by Crippen LogP contribution is 2.28. The van der Waals surface area contributed by atoms with Crippen molar-refractivity contribution in [2.75, 3.05) is 37.4 Å². The van der Waals surface area contributed by atoms with Crippen molar-refractivity contribution in [3.05, 3.63) is 80.4 Å². The van der Waals surface area contributed by atoms with E-state index < -0.39 is 10.9 Å². The van der Waals surface area contributed by atoms with Crippen molar-refractivity contribution in [2.24, 2.45) is 0 Å². The Bertz CT molecular complexity index is 1040. The number of pyridine rings is 1. The summed E-state index contributed by atoms with van der Waals surface area (Å²) >= 11 is 0. The average molecular weight is 406 g/mol. The minimum atomic E-state index is -0.476. The lowest BCUT2D eigenvalue weighted by Gasteiger charge is -2.29. The highest BCUT2D eigenvalue weighted by molar-refractivity contribution is 5.74. The number of ether oxygens (including phenoxy) is 1. The summed E-state index contributed by atoms with van der Waals surface area (Å²) in [5.41, 5.74) is 1.75. The second-order valence-corrected chi connectivity index (χ2v) is 7.50. The van der Waals surface area contributed by atoms with Gasteiger partial charge in [0.2, 0.25) is 0 Å². The molecule has 0 bridgehead atoms. The summed E-state index contributed by atoms with van der Waals surface area (Å²) in [6.07, 6.45) is 4.04. The van der Waals surface area contributed by atoms with Gasteiger partial charge in [0.25, 0.3) is 10.9 Å². The van der Waals surface area contributed by atoms with Crippen molar-refractivity contribution in [3.8, 4) is 5.75 Å². The van der Waals surface area contributed by atoms with Crippen LogP contribution in [0.5, 0.6) is 5.75 Å². The summed E-state index contributed by atoms with van der Waals surface area (Å²) < 4.78 is 5.27. The predicted molar refractivity (Wildman–Crippen MR) is 118 cm³/mol. The maximum atomic E-state index is 12.2. The Balaban J connectivity index is 1.47. The number of nitrogens with zero attached hydrogens (tertiary/aromatic N) is 2. The van der Waals surface area contributed by atoms with Crippen LogP contribution in [0.2, 0.25) is 0 Å². The predicted octanol–water partition coefficient (Wildman–Crippen LogP) is 2.55. The fourth-order valence-corrected chi connectivity index (χ4v) is 3.95. The summed E-state index contributed by atoms with van der Waals surface area (Å²) in [5.74, 6) is 0.815. The normalized spacial score (nSPS) is 15.2. The number of likely N-dealkylation sites (tertiary alicyclic amines) is 1. The van der Waals surface area contributed by atoms with Gasteiger partial charge in [-0.05, 0) is 55.8 Å². The molecule has 0 saturated carbocycles. The Morgan fingerprint density at radius 2 is 1.70 bits per heavy atom. The SMILES string of the molecule is COc1ccc(C(CNc2c(NCc3ccccn3)c(=O)c2=O)N2CCCC2)cc1. The molecular weight excluding hydrogens is 380 g/mol. The van der Waals surface area contributed by atoms with Gasteiger partial charge in [-0.15, -0.1) is 0 Å². The van der Waals surface area contributed by atoms with Crippen molar-refractivity contribution in [3.63, 3.8) is 0 Å². The van der Waals surface area contributed by atoms with Gasteiger partial charge in [0, 0.05) is 12.7 Å². The zero-order chi connectivity index (χ0) is 20.9. The molecule has 0 aliphatic carbocycles. The summed E-state index contributed by atoms with van der Waals surface area (Å²) in [4.78, 5) is 30.9. The van der Waals surface area contributed by atoms with Crippen LogP contribution in [0.4, 0.5) is 11.4 Å². The highest BCUT2D eigenvalue weighted by atomic mass is 16.5. The molecule has 30 heavy (non-hydrogen) atoms. The first-order valence-electron chi connectivity index (χ1n) is 10.3. The van der Waals surface area contributed by atoms with Crippen molar-refractivity contribution in [1.29, 1.82) is 0 Å². The molecule has 7 heteroatoms. The molecule has 2 N–H and O–H groups in total. The van der Waals surface area contributed by atoms with Crippen LogP contribution in [0, 0.1) is 0 Å². The minimum Gasteiger partial charge on any atom is -0.497 e. The van der Waals surface area contributed by atoms with Gasteiger partial charge in [0.05, 0.1) is 25.4 Å². The van der Waals surface area contributed by atoms with Gasteiger partial charge in [0.15, 0.2) is 0 Å². The van der Waals surface area contributed by atoms with E-state index in [4.69, 9.17) is 4.74 Å². The van der Waals surface area contributed by atoms with Crippen molar-refractivity contribution in [1.82, 2.24) is 9.88 Å². The number of hydrogen-bond acceptors (Lipinski definition) is 7. The lowest BCUT2D eigenvalue weighted by Crippen LogP contribution is -2.39. The van der Waals surface area contributed by atoms with Crippen molar-refractivity contribution in [2.45, 2.75) is 25.4 Å². The molecule has 1 fully saturated rings. The van der Waals surface area contributed by atoms with E-state index in [2.05, 4.69) is 32.7 Å². The zero-order valence-electron chi connectivity index (χ0n) is 17.1. The molecule has 156 valence electrons. The molecule has 2 heterocycles. The van der Waals surface area contributed by atoms with E-state index in [9.17, 15) is 9.59 Å². The van der Waals surface area contributed by atoms with Crippen LogP contribution in [0.15, 0.2) is 58.3 Å². The van der Waals surface area contributed by atoms with Crippen molar-refractivity contribution < 1.29 is 4.74 Å². The van der Waals surface area contributed by atoms with E-state index in [1.807, 2.05) is 30.3 Å². The van der Waals surface area contributed by atoms with Crippen LogP contribution in [0.3, 0.4) is 0 Å². The quantitative estimate of drug-likeness (QED) is 0.529. The molecule has 4 rings (SSSR count). The third kappa shape index (κ3) is 4.21. The van der Waals surface area contributed by atoms with Crippen molar-refractivity contribution >= 4 is 11.4 Å². The van der Waals surface area contributed by atoms with Crippen LogP contribution >= 0.6 is 0 Å². The average Bonchev–Trinajstić information content (AvgIpc) is 3.33. The van der Waals surface area contributed by atoms with Gasteiger partial charge in [-0.1, -0.05) is 18.2 Å². The molecule has 1 unspecified atom stereocenters. The zero-order valence-corrected chi connectivity index (χ0v) is 17.1. The molecule has 0 radical (unpaired) electrons. The number of methoxy groups -OCH3 is 1. The third-order valence-corrected chi connectivity index (χ3v) is 5.64. The molecule has 0 amide bonds. The molecule has 1 saturated heterocycles. The summed E-state index contributed by atoms with van der Waals surface area (Å²) in [6, 6.07) is 13.7. The van der Waals surface area contributed by atoms with Gasteiger partial charge in [-0.25, -0.2) is 0 Å². The van der Waals surface area contributed by atoms with Crippen LogP contribution in [-0.4, -0.2) is 36.6 Å². The van der Waals surface area contributed by atoms with E-state index in [1.165, 1.54) is 12.8 Å². The first-order chi connectivity index (χ1) is 14.7. The smallest absolute Gasteiger partial charge is 0.253 e. The number of hydrogen-bond donors (Lipinski definition) is 2. The molecule has 3 aromatic rings. The molecule has 1 aliphatic rings. The summed E-state index contributed by atoms with van der Waals surface area (Å²) in [5, 5.41) is 6.31. The Morgan fingerprint density at radius 1 is 1.00 bits per heavy atom. The molecule has 1 atom stereocenters. The molecule has 2 aromatic carbocycles. The van der Waals surface area contributed by atoms with Gasteiger partial charge in [-0.2, -0.15) is 0 Å². The minimum absolute atomic E-state index is 0.117. The largest absolute Gasteiger partial charge is 0.497 e. The summed E-state index contributed by atoms with van der Waals surface area (Å²) in [6.45, 7) is 2.99. The standard InChI is InChI=1S/C23H26N4O3/c1-30-18-9-7-16(8-10-18)19(27-12-4-5-13-27)15-26-21-20(22(28)23(21)29)25-14-17-6-2-3-11-24-17/h2-3,6-11,19,25-26H,4-5,12-15H2,1H3. The van der Waals surface area contributed by atoms with E-state index in [0.717, 1.165) is 30.1 Å². The van der Waals surface area contributed by atoms with Crippen LogP contribution in [-0.2, 0) is 6.54 Å². The van der Waals surface area contributed by atoms with Crippen LogP contribution in [0.1, 0.15) is 30.1 Å². The van der Waals surface area contributed by atoms with Gasteiger partial charge < -0.3 is 15.4 Å². The van der Waals surface area contributed by atoms with Gasteiger partial charge >= 0.3 is 0 Å². The fourth-order valence-electron chi connectivity index (χ4n) is 3.95. The van der Waals surface area contributed by atoms with Gasteiger partial charge in [0.1, 0.15) is 17.1 Å². The third-order valence-electron chi connectivity index (χ3n) is 5.64. The molecule has 0 spiro atoms. The van der Waals surface area contributed by atoms with E-state index in [0.29, 0.717) is 24.5 Å². The fraction of sp³-hybridized carbons (Fsp3) is 0.348. The number of aromatic nitrogens is 1. The van der Waals surface area contributed by atoms with E-state index >= 15 is 0 Å². The monoisotopic (exact) mass is 406 g/mol. The Hall–Kier alpha value is -3.19. The van der Waals surface area contributed by atoms with Gasteiger partial charge in [-0.3, -0.25) is 19.5 Å². The Kier molecular flexibility index (Phi) is 6.09. The molecular formula is C23H26N4O3. The second kappa shape index (κ2) is 9.09. The van der Waals surface area contributed by atoms with Crippen LogP contribution < -0.4 is 26.2 Å². The number of rotatable bonds is 9. The van der Waals surface area contributed by atoms with E-state index in [-0.39, 0.29) is 6.04 Å². The Labute approximate surface area is 175 Å². The van der Waals surface area contributed by atoms with Crippen LogP contribution in [0.25, 0.3) is 0 Å². The lowest BCUT2D eigenvalue weighted by molar-refractivity contribution is 0.256. The first kappa shape index (κ1) is 20.1. The number of nitrogens with one attached hydrogen (secondary N) is 2. The molecule has 7 nitrogen and oxygen atoms in total. The topological polar surface area (TPSA) is 83.6 Å². The molecule has 1 aliphatic heterocycles.